The van der Waals surface area contributed by atoms with Crippen molar-refractivity contribution in [2.45, 2.75) is 27.3 Å². The zero-order valence-corrected chi connectivity index (χ0v) is 20.5. The molecule has 0 bridgehead atoms. The van der Waals surface area contributed by atoms with E-state index in [1.54, 1.807) is 23.1 Å². The van der Waals surface area contributed by atoms with Gasteiger partial charge in [0.2, 0.25) is 0 Å². The number of fused-ring (bicyclic) bond motifs is 1. The molecule has 0 fully saturated rings. The molecule has 0 N–H and O–H groups in total. The quantitative estimate of drug-likeness (QED) is 0.182. The van der Waals surface area contributed by atoms with E-state index >= 15 is 0 Å². The van der Waals surface area contributed by atoms with Crippen molar-refractivity contribution in [2.24, 2.45) is 0 Å². The molecule has 0 spiro atoms. The first-order valence-corrected chi connectivity index (χ1v) is 11.9. The Bertz CT molecular complexity index is 1410. The Morgan fingerprint density at radius 2 is 2.03 bits per heavy atom. The average Bonchev–Trinajstić information content (AvgIpc) is 3.41. The molecule has 10 heteroatoms. The van der Waals surface area contributed by atoms with E-state index in [0.29, 0.717) is 41.7 Å². The number of nitrogens with zero attached hydrogens (tertiary/aromatic N) is 5. The van der Waals surface area contributed by atoms with E-state index in [0.717, 1.165) is 16.1 Å². The SMILES string of the molecule is CCOc1cccc2sc(N(CCn3nc(C)cc3C)C(=O)C=Cc3cccc([N+](=O)[O-])c3)nc12. The lowest BCUT2D eigenvalue weighted by Crippen LogP contribution is -2.33. The van der Waals surface area contributed by atoms with E-state index in [9.17, 15) is 14.9 Å². The molecule has 2 aromatic carbocycles. The van der Waals surface area contributed by atoms with Gasteiger partial charge in [0.05, 0.1) is 28.5 Å². The molecule has 2 heterocycles. The van der Waals surface area contributed by atoms with Gasteiger partial charge in [0, 0.05) is 30.4 Å². The zero-order chi connectivity index (χ0) is 24.9. The molecule has 9 nitrogen and oxygen atoms in total. The van der Waals surface area contributed by atoms with Gasteiger partial charge in [0.15, 0.2) is 5.13 Å². The minimum Gasteiger partial charge on any atom is -0.492 e. The molecule has 2 aromatic heterocycles. The van der Waals surface area contributed by atoms with Crippen LogP contribution in [0.15, 0.2) is 54.6 Å². The molecule has 0 saturated carbocycles. The molecule has 0 saturated heterocycles. The van der Waals surface area contributed by atoms with Crippen LogP contribution in [0.3, 0.4) is 0 Å². The Balaban J connectivity index is 1.66. The number of amides is 1. The number of anilines is 1. The average molecular weight is 492 g/mol. The van der Waals surface area contributed by atoms with Crippen molar-refractivity contribution >= 4 is 44.4 Å². The van der Waals surface area contributed by atoms with Crippen LogP contribution in [0.2, 0.25) is 0 Å². The van der Waals surface area contributed by atoms with Crippen molar-refractivity contribution in [3.8, 4) is 5.75 Å². The van der Waals surface area contributed by atoms with Crippen LogP contribution in [0.1, 0.15) is 23.9 Å². The van der Waals surface area contributed by atoms with E-state index in [1.165, 1.54) is 29.5 Å². The van der Waals surface area contributed by atoms with E-state index < -0.39 is 4.92 Å². The Hall–Kier alpha value is -4.05. The van der Waals surface area contributed by atoms with Gasteiger partial charge in [0.25, 0.3) is 11.6 Å². The Morgan fingerprint density at radius 1 is 1.23 bits per heavy atom. The summed E-state index contributed by atoms with van der Waals surface area (Å²) < 4.78 is 8.49. The zero-order valence-electron chi connectivity index (χ0n) is 19.7. The molecule has 0 aliphatic heterocycles. The molecule has 35 heavy (non-hydrogen) atoms. The van der Waals surface area contributed by atoms with Crippen LogP contribution in [-0.4, -0.2) is 38.7 Å². The first-order valence-electron chi connectivity index (χ1n) is 11.1. The third kappa shape index (κ3) is 5.55. The summed E-state index contributed by atoms with van der Waals surface area (Å²) in [5.41, 5.74) is 3.16. The molecule has 1 amide bonds. The predicted molar refractivity (Wildman–Crippen MR) is 137 cm³/mol. The molecular formula is C25H25N5O4S. The minimum atomic E-state index is -0.461. The van der Waals surface area contributed by atoms with Crippen LogP contribution >= 0.6 is 11.3 Å². The number of hydrogen-bond donors (Lipinski definition) is 0. The number of carbonyl (C=O) groups is 1. The number of nitro groups is 1. The van der Waals surface area contributed by atoms with Gasteiger partial charge in [-0.2, -0.15) is 5.10 Å². The van der Waals surface area contributed by atoms with Gasteiger partial charge < -0.3 is 4.74 Å². The largest absolute Gasteiger partial charge is 0.492 e. The summed E-state index contributed by atoms with van der Waals surface area (Å²) in [7, 11) is 0. The fourth-order valence-corrected chi connectivity index (χ4v) is 4.71. The fourth-order valence-electron chi connectivity index (χ4n) is 3.69. The lowest BCUT2D eigenvalue weighted by Gasteiger charge is -2.18. The van der Waals surface area contributed by atoms with E-state index in [-0.39, 0.29) is 11.6 Å². The Morgan fingerprint density at radius 3 is 2.74 bits per heavy atom. The number of aromatic nitrogens is 3. The second-order valence-corrected chi connectivity index (χ2v) is 8.87. The van der Waals surface area contributed by atoms with Gasteiger partial charge in [-0.3, -0.25) is 24.5 Å². The number of para-hydroxylation sites is 1. The Labute approximate surface area is 206 Å². The van der Waals surface area contributed by atoms with Crippen LogP contribution in [0.25, 0.3) is 16.3 Å². The molecule has 0 radical (unpaired) electrons. The van der Waals surface area contributed by atoms with Gasteiger partial charge >= 0.3 is 0 Å². The highest BCUT2D eigenvalue weighted by molar-refractivity contribution is 7.22. The number of thiazole rings is 1. The van der Waals surface area contributed by atoms with E-state index in [1.807, 2.05) is 49.7 Å². The van der Waals surface area contributed by atoms with E-state index in [2.05, 4.69) is 5.10 Å². The third-order valence-electron chi connectivity index (χ3n) is 5.31. The lowest BCUT2D eigenvalue weighted by atomic mass is 10.2. The molecule has 0 atom stereocenters. The molecule has 0 aliphatic rings. The second-order valence-electron chi connectivity index (χ2n) is 7.86. The number of hydrogen-bond acceptors (Lipinski definition) is 7. The summed E-state index contributed by atoms with van der Waals surface area (Å²) >= 11 is 1.41. The minimum absolute atomic E-state index is 0.0318. The van der Waals surface area contributed by atoms with Crippen LogP contribution in [0, 0.1) is 24.0 Å². The molecule has 4 rings (SSSR count). The molecular weight excluding hydrogens is 466 g/mol. The maximum atomic E-state index is 13.3. The second kappa shape index (κ2) is 10.5. The summed E-state index contributed by atoms with van der Waals surface area (Å²) in [6.45, 7) is 7.17. The smallest absolute Gasteiger partial charge is 0.270 e. The van der Waals surface area contributed by atoms with Crippen molar-refractivity contribution in [1.82, 2.24) is 14.8 Å². The number of carbonyl (C=O) groups excluding carboxylic acids is 1. The summed E-state index contributed by atoms with van der Waals surface area (Å²) in [6.07, 6.45) is 2.99. The van der Waals surface area contributed by atoms with Gasteiger partial charge in [-0.25, -0.2) is 4.98 Å². The maximum absolute atomic E-state index is 13.3. The molecule has 4 aromatic rings. The first kappa shape index (κ1) is 24.1. The third-order valence-corrected chi connectivity index (χ3v) is 6.35. The number of benzene rings is 2. The normalized spacial score (nSPS) is 11.3. The highest BCUT2D eigenvalue weighted by Gasteiger charge is 2.20. The molecule has 0 unspecified atom stereocenters. The van der Waals surface area contributed by atoms with Crippen molar-refractivity contribution < 1.29 is 14.5 Å². The van der Waals surface area contributed by atoms with Crippen LogP contribution in [-0.2, 0) is 11.3 Å². The molecule has 0 aliphatic carbocycles. The first-order chi connectivity index (χ1) is 16.9. The number of rotatable bonds is 9. The topological polar surface area (TPSA) is 103 Å². The highest BCUT2D eigenvalue weighted by atomic mass is 32.1. The molecule has 180 valence electrons. The number of aryl methyl sites for hydroxylation is 2. The van der Waals surface area contributed by atoms with E-state index in [4.69, 9.17) is 9.72 Å². The number of ether oxygens (including phenoxy) is 1. The van der Waals surface area contributed by atoms with Crippen LogP contribution in [0.5, 0.6) is 5.75 Å². The monoisotopic (exact) mass is 491 g/mol. The number of non-ortho nitro benzene ring substituents is 1. The predicted octanol–water partition coefficient (Wildman–Crippen LogP) is 5.16. The maximum Gasteiger partial charge on any atom is 0.270 e. The summed E-state index contributed by atoms with van der Waals surface area (Å²) in [6, 6.07) is 13.8. The van der Waals surface area contributed by atoms with Crippen LogP contribution < -0.4 is 9.64 Å². The highest BCUT2D eigenvalue weighted by Crippen LogP contribution is 2.34. The van der Waals surface area contributed by atoms with Gasteiger partial charge in [-0.15, -0.1) is 0 Å². The fraction of sp³-hybridized carbons (Fsp3) is 0.240. The van der Waals surface area contributed by atoms with Crippen molar-refractivity contribution in [1.29, 1.82) is 0 Å². The van der Waals surface area contributed by atoms with Crippen molar-refractivity contribution in [3.63, 3.8) is 0 Å². The lowest BCUT2D eigenvalue weighted by molar-refractivity contribution is -0.384. The summed E-state index contributed by atoms with van der Waals surface area (Å²) in [4.78, 5) is 30.3. The summed E-state index contributed by atoms with van der Waals surface area (Å²) in [5, 5.41) is 16.1. The summed E-state index contributed by atoms with van der Waals surface area (Å²) in [5.74, 6) is 0.389. The number of nitro benzene ring substituents is 1. The van der Waals surface area contributed by atoms with Crippen LogP contribution in [0.4, 0.5) is 10.8 Å². The Kier molecular flexibility index (Phi) is 7.21. The van der Waals surface area contributed by atoms with Gasteiger partial charge in [0.1, 0.15) is 11.3 Å². The van der Waals surface area contributed by atoms with Gasteiger partial charge in [-0.1, -0.05) is 29.5 Å². The van der Waals surface area contributed by atoms with Gasteiger partial charge in [-0.05, 0) is 50.6 Å². The standard InChI is InChI=1S/C25H25N5O4S/c1-4-34-21-9-6-10-22-24(21)26-25(35-22)28(13-14-29-18(3)15-17(2)27-29)23(31)12-11-19-7-5-8-20(16-19)30(32)33/h5-12,15-16H,4,13-14H2,1-3H3. The van der Waals surface area contributed by atoms with Crippen molar-refractivity contribution in [2.75, 3.05) is 18.1 Å². The van der Waals surface area contributed by atoms with Crippen molar-refractivity contribution in [3.05, 3.63) is 81.7 Å².